The summed E-state index contributed by atoms with van der Waals surface area (Å²) in [5.74, 6) is 0.927. The highest BCUT2D eigenvalue weighted by Gasteiger charge is 2.33. The third kappa shape index (κ3) is 5.18. The fraction of sp³-hybridized carbons (Fsp3) is 0.250. The van der Waals surface area contributed by atoms with Crippen molar-refractivity contribution in [3.05, 3.63) is 103 Å². The summed E-state index contributed by atoms with van der Waals surface area (Å²) in [6.45, 7) is 8.14. The minimum absolute atomic E-state index is 0.0628. The molecule has 4 rings (SSSR count). The summed E-state index contributed by atoms with van der Waals surface area (Å²) in [5.41, 5.74) is 2.22. The number of carbonyl (C=O) groups excluding carboxylic acids is 1. The molecule has 186 valence electrons. The number of aromatic nitrogens is 1. The van der Waals surface area contributed by atoms with Crippen molar-refractivity contribution < 1.29 is 19.0 Å². The molecule has 0 fully saturated rings. The van der Waals surface area contributed by atoms with Crippen molar-refractivity contribution in [1.29, 1.82) is 0 Å². The Hall–Kier alpha value is -3.91. The maximum Gasteiger partial charge on any atom is 0.338 e. The Bertz CT molecular complexity index is 1460. The van der Waals surface area contributed by atoms with Crippen molar-refractivity contribution in [2.45, 2.75) is 26.3 Å². The first-order valence-corrected chi connectivity index (χ1v) is 12.5. The molecular formula is C28H28N2O5S. The van der Waals surface area contributed by atoms with Gasteiger partial charge in [0.1, 0.15) is 18.1 Å². The summed E-state index contributed by atoms with van der Waals surface area (Å²) >= 11 is 1.29. The van der Waals surface area contributed by atoms with E-state index in [1.165, 1.54) is 17.4 Å². The number of hydrogen-bond acceptors (Lipinski definition) is 7. The summed E-state index contributed by atoms with van der Waals surface area (Å²) < 4.78 is 18.4. The molecule has 7 nitrogen and oxygen atoms in total. The van der Waals surface area contributed by atoms with Crippen LogP contribution in [0.1, 0.15) is 37.4 Å². The smallest absolute Gasteiger partial charge is 0.338 e. The lowest BCUT2D eigenvalue weighted by molar-refractivity contribution is -0.138. The zero-order valence-corrected chi connectivity index (χ0v) is 21.3. The number of nitrogens with zero attached hydrogens (tertiary/aromatic N) is 2. The second kappa shape index (κ2) is 11.2. The lowest BCUT2D eigenvalue weighted by Gasteiger charge is -2.24. The maximum atomic E-state index is 13.7. The van der Waals surface area contributed by atoms with Gasteiger partial charge in [-0.05, 0) is 54.8 Å². The van der Waals surface area contributed by atoms with Crippen LogP contribution in [0.2, 0.25) is 0 Å². The van der Waals surface area contributed by atoms with Crippen molar-refractivity contribution in [2.75, 3.05) is 20.3 Å². The summed E-state index contributed by atoms with van der Waals surface area (Å²) in [5, 5.41) is 0. The van der Waals surface area contributed by atoms with Crippen molar-refractivity contribution in [2.24, 2.45) is 4.99 Å². The van der Waals surface area contributed by atoms with Crippen LogP contribution >= 0.6 is 11.3 Å². The van der Waals surface area contributed by atoms with Gasteiger partial charge in [0.2, 0.25) is 0 Å². The van der Waals surface area contributed by atoms with E-state index >= 15 is 0 Å². The molecule has 1 aliphatic rings. The monoisotopic (exact) mass is 504 g/mol. The van der Waals surface area contributed by atoms with Crippen molar-refractivity contribution in [1.82, 2.24) is 4.57 Å². The quantitative estimate of drug-likeness (QED) is 0.328. The maximum absolute atomic E-state index is 13.7. The molecule has 0 saturated heterocycles. The van der Waals surface area contributed by atoms with E-state index in [2.05, 4.69) is 18.5 Å². The molecule has 0 bridgehead atoms. The van der Waals surface area contributed by atoms with Crippen LogP contribution in [-0.2, 0) is 9.53 Å². The van der Waals surface area contributed by atoms with Gasteiger partial charge in [-0.1, -0.05) is 55.2 Å². The molecule has 1 atom stereocenters. The van der Waals surface area contributed by atoms with E-state index in [4.69, 9.17) is 14.2 Å². The molecule has 0 aliphatic carbocycles. The van der Waals surface area contributed by atoms with Crippen LogP contribution in [0.4, 0.5) is 0 Å². The number of benzene rings is 2. The van der Waals surface area contributed by atoms with Gasteiger partial charge < -0.3 is 14.2 Å². The van der Waals surface area contributed by atoms with Gasteiger partial charge >= 0.3 is 5.97 Å². The van der Waals surface area contributed by atoms with Crippen LogP contribution < -0.4 is 24.4 Å². The molecule has 8 heteroatoms. The largest absolute Gasteiger partial charge is 0.497 e. The summed E-state index contributed by atoms with van der Waals surface area (Å²) in [7, 11) is 1.59. The minimum atomic E-state index is -0.684. The minimum Gasteiger partial charge on any atom is -0.497 e. The Morgan fingerprint density at radius 3 is 2.47 bits per heavy atom. The molecule has 0 saturated carbocycles. The standard InChI is InChI=1S/C28H28N2O5S/c1-5-15-34-22-11-7-19(8-12-22)17-23-26(31)30-25(20-9-13-21(33-4)14-10-20)24(27(32)35-16-6-2)18(3)29-28(30)36-23/h6-14,17,25H,2,5,15-16H2,1,3-4H3/b23-17+. The molecule has 2 heterocycles. The number of hydrogen-bond donors (Lipinski definition) is 0. The van der Waals surface area contributed by atoms with E-state index in [9.17, 15) is 9.59 Å². The van der Waals surface area contributed by atoms with Crippen molar-refractivity contribution >= 4 is 23.4 Å². The van der Waals surface area contributed by atoms with Crippen LogP contribution in [0.15, 0.2) is 82.2 Å². The number of carbonyl (C=O) groups is 1. The molecule has 1 aliphatic heterocycles. The molecule has 0 amide bonds. The lowest BCUT2D eigenvalue weighted by atomic mass is 9.96. The van der Waals surface area contributed by atoms with Crippen LogP contribution in [0.25, 0.3) is 6.08 Å². The number of methoxy groups -OCH3 is 1. The third-order valence-corrected chi connectivity index (χ3v) is 6.64. The molecular weight excluding hydrogens is 476 g/mol. The average molecular weight is 505 g/mol. The van der Waals surface area contributed by atoms with E-state index in [1.54, 1.807) is 30.7 Å². The van der Waals surface area contributed by atoms with Crippen LogP contribution in [0.3, 0.4) is 0 Å². The lowest BCUT2D eigenvalue weighted by Crippen LogP contribution is -2.39. The number of thiazole rings is 1. The van der Waals surface area contributed by atoms with E-state index in [-0.39, 0.29) is 12.2 Å². The number of rotatable bonds is 9. The van der Waals surface area contributed by atoms with Crippen LogP contribution in [0.5, 0.6) is 11.5 Å². The summed E-state index contributed by atoms with van der Waals surface area (Å²) in [4.78, 5) is 31.8. The first kappa shape index (κ1) is 25.2. The number of allylic oxidation sites excluding steroid dienone is 1. The average Bonchev–Trinajstić information content (AvgIpc) is 3.20. The van der Waals surface area contributed by atoms with E-state index in [0.29, 0.717) is 33.0 Å². The van der Waals surface area contributed by atoms with Gasteiger partial charge in [-0.2, -0.15) is 0 Å². The number of esters is 1. The van der Waals surface area contributed by atoms with Gasteiger partial charge in [0.25, 0.3) is 5.56 Å². The van der Waals surface area contributed by atoms with Gasteiger partial charge in [-0.25, -0.2) is 9.79 Å². The topological polar surface area (TPSA) is 79.1 Å². The van der Waals surface area contributed by atoms with Crippen molar-refractivity contribution in [3.8, 4) is 11.5 Å². The molecule has 36 heavy (non-hydrogen) atoms. The highest BCUT2D eigenvalue weighted by Crippen LogP contribution is 2.31. The van der Waals surface area contributed by atoms with Gasteiger partial charge in [0.15, 0.2) is 4.80 Å². The van der Waals surface area contributed by atoms with E-state index < -0.39 is 12.0 Å². The SMILES string of the molecule is C=CCOC(=O)C1=C(C)N=c2s/c(=C/c3ccc(OCCC)cc3)c(=O)n2C1c1ccc(OC)cc1. The second-order valence-corrected chi connectivity index (χ2v) is 9.17. The van der Waals surface area contributed by atoms with Crippen LogP contribution in [0, 0.1) is 0 Å². The highest BCUT2D eigenvalue weighted by atomic mass is 32.1. The number of fused-ring (bicyclic) bond motifs is 1. The fourth-order valence-electron chi connectivity index (χ4n) is 3.93. The van der Waals surface area contributed by atoms with Gasteiger partial charge in [-0.3, -0.25) is 9.36 Å². The Labute approximate surface area is 213 Å². The molecule has 1 aromatic heterocycles. The second-order valence-electron chi connectivity index (χ2n) is 8.16. The van der Waals surface area contributed by atoms with Crippen molar-refractivity contribution in [3.63, 3.8) is 0 Å². The zero-order valence-electron chi connectivity index (χ0n) is 20.5. The van der Waals surface area contributed by atoms with E-state index in [0.717, 1.165) is 23.3 Å². The third-order valence-electron chi connectivity index (χ3n) is 5.66. The van der Waals surface area contributed by atoms with E-state index in [1.807, 2.05) is 42.5 Å². The molecule has 3 aromatic rings. The first-order valence-electron chi connectivity index (χ1n) is 11.6. The zero-order chi connectivity index (χ0) is 25.7. The highest BCUT2D eigenvalue weighted by molar-refractivity contribution is 7.07. The Morgan fingerprint density at radius 1 is 1.14 bits per heavy atom. The predicted molar refractivity (Wildman–Crippen MR) is 140 cm³/mol. The Morgan fingerprint density at radius 2 is 1.83 bits per heavy atom. The first-order chi connectivity index (χ1) is 17.5. The Kier molecular flexibility index (Phi) is 7.85. The van der Waals surface area contributed by atoms with Gasteiger partial charge in [-0.15, -0.1) is 0 Å². The normalized spacial score (nSPS) is 15.2. The number of ether oxygens (including phenoxy) is 3. The molecule has 0 N–H and O–H groups in total. The van der Waals surface area contributed by atoms with Gasteiger partial charge in [0, 0.05) is 0 Å². The molecule has 2 aromatic carbocycles. The predicted octanol–water partition coefficient (Wildman–Crippen LogP) is 3.76. The fourth-order valence-corrected chi connectivity index (χ4v) is 4.97. The van der Waals surface area contributed by atoms with Gasteiger partial charge in [0.05, 0.1) is 35.6 Å². The van der Waals surface area contributed by atoms with Crippen LogP contribution in [-0.4, -0.2) is 30.9 Å². The molecule has 0 spiro atoms. The summed E-state index contributed by atoms with van der Waals surface area (Å²) in [6, 6.07) is 14.2. The molecule has 1 unspecified atom stereocenters. The summed E-state index contributed by atoms with van der Waals surface area (Å²) in [6.07, 6.45) is 4.26. The molecule has 0 radical (unpaired) electrons. The Balaban J connectivity index is 1.82.